The molecule has 0 saturated carbocycles. The van der Waals surface area contributed by atoms with Crippen molar-refractivity contribution in [3.8, 4) is 11.1 Å². The zero-order valence-electron chi connectivity index (χ0n) is 14.5. The van der Waals surface area contributed by atoms with Gasteiger partial charge in [-0.2, -0.15) is 0 Å². The van der Waals surface area contributed by atoms with Crippen LogP contribution in [0.25, 0.3) is 28.1 Å². The Bertz CT molecular complexity index is 1150. The van der Waals surface area contributed by atoms with Gasteiger partial charge >= 0.3 is 0 Å². The van der Waals surface area contributed by atoms with Gasteiger partial charge in [0.15, 0.2) is 5.78 Å². The van der Waals surface area contributed by atoms with Gasteiger partial charge in [0.2, 0.25) is 0 Å². The SMILES string of the molecule is O=C(C=Cc1ccccc1-c1cc2ccccc2nc1Cl)c1ccccc1. The number of aromatic nitrogens is 1. The van der Waals surface area contributed by atoms with Gasteiger partial charge in [0.1, 0.15) is 5.15 Å². The van der Waals surface area contributed by atoms with Crippen molar-refractivity contribution in [3.63, 3.8) is 0 Å². The van der Waals surface area contributed by atoms with Crippen LogP contribution in [0, 0.1) is 0 Å². The molecule has 2 nitrogen and oxygen atoms in total. The summed E-state index contributed by atoms with van der Waals surface area (Å²) in [6, 6.07) is 27.0. The topological polar surface area (TPSA) is 30.0 Å². The fourth-order valence-electron chi connectivity index (χ4n) is 3.03. The monoisotopic (exact) mass is 369 g/mol. The molecule has 4 rings (SSSR count). The maximum atomic E-state index is 12.4. The standard InChI is InChI=1S/C24H16ClNO/c25-24-21(16-19-11-5-7-13-22(19)26-24)20-12-6-4-8-17(20)14-15-23(27)18-9-2-1-3-10-18/h1-16H. The van der Waals surface area contributed by atoms with Crippen LogP contribution in [0.1, 0.15) is 15.9 Å². The average molecular weight is 370 g/mol. The Morgan fingerprint density at radius 1 is 0.815 bits per heavy atom. The van der Waals surface area contributed by atoms with Crippen molar-refractivity contribution in [2.24, 2.45) is 0 Å². The molecular weight excluding hydrogens is 354 g/mol. The quantitative estimate of drug-likeness (QED) is 0.235. The lowest BCUT2D eigenvalue weighted by atomic mass is 9.98. The van der Waals surface area contributed by atoms with Gasteiger partial charge in [-0.3, -0.25) is 4.79 Å². The molecule has 0 saturated heterocycles. The van der Waals surface area contributed by atoms with Crippen molar-refractivity contribution in [1.82, 2.24) is 4.98 Å². The molecule has 0 aliphatic rings. The first kappa shape index (κ1) is 17.2. The number of carbonyl (C=O) groups is 1. The lowest BCUT2D eigenvalue weighted by molar-refractivity contribution is 0.104. The highest BCUT2D eigenvalue weighted by molar-refractivity contribution is 6.32. The van der Waals surface area contributed by atoms with Crippen molar-refractivity contribution in [1.29, 1.82) is 0 Å². The van der Waals surface area contributed by atoms with Crippen LogP contribution in [0.2, 0.25) is 5.15 Å². The van der Waals surface area contributed by atoms with Crippen LogP contribution in [-0.4, -0.2) is 10.8 Å². The summed E-state index contributed by atoms with van der Waals surface area (Å²) in [5.74, 6) is -0.0341. The Labute approximate surface area is 162 Å². The summed E-state index contributed by atoms with van der Waals surface area (Å²) in [5, 5.41) is 1.47. The van der Waals surface area contributed by atoms with Crippen LogP contribution < -0.4 is 0 Å². The molecule has 0 aliphatic heterocycles. The summed E-state index contributed by atoms with van der Waals surface area (Å²) < 4.78 is 0. The van der Waals surface area contributed by atoms with E-state index < -0.39 is 0 Å². The number of para-hydroxylation sites is 1. The van der Waals surface area contributed by atoms with Crippen LogP contribution in [-0.2, 0) is 0 Å². The zero-order valence-corrected chi connectivity index (χ0v) is 15.2. The summed E-state index contributed by atoms with van der Waals surface area (Å²) in [7, 11) is 0. The van der Waals surface area contributed by atoms with Gasteiger partial charge < -0.3 is 0 Å². The highest BCUT2D eigenvalue weighted by Crippen LogP contribution is 2.32. The second-order valence-electron chi connectivity index (χ2n) is 6.17. The lowest BCUT2D eigenvalue weighted by Crippen LogP contribution is -1.93. The molecule has 0 N–H and O–H groups in total. The molecule has 0 aliphatic carbocycles. The molecule has 0 radical (unpaired) electrons. The van der Waals surface area contributed by atoms with Gasteiger partial charge in [0.25, 0.3) is 0 Å². The van der Waals surface area contributed by atoms with Crippen molar-refractivity contribution in [2.45, 2.75) is 0 Å². The largest absolute Gasteiger partial charge is 0.289 e. The third-order valence-corrected chi connectivity index (χ3v) is 4.69. The third-order valence-electron chi connectivity index (χ3n) is 4.40. The zero-order chi connectivity index (χ0) is 18.6. The van der Waals surface area contributed by atoms with E-state index >= 15 is 0 Å². The molecule has 130 valence electrons. The number of pyridine rings is 1. The van der Waals surface area contributed by atoms with Crippen LogP contribution >= 0.6 is 11.6 Å². The Morgan fingerprint density at radius 3 is 2.37 bits per heavy atom. The molecular formula is C24H16ClNO. The smallest absolute Gasteiger partial charge is 0.185 e. The van der Waals surface area contributed by atoms with E-state index in [1.165, 1.54) is 0 Å². The summed E-state index contributed by atoms with van der Waals surface area (Å²) in [6.07, 6.45) is 3.42. The average Bonchev–Trinajstić information content (AvgIpc) is 2.72. The highest BCUT2D eigenvalue weighted by atomic mass is 35.5. The van der Waals surface area contributed by atoms with E-state index in [1.807, 2.05) is 91.0 Å². The molecule has 0 spiro atoms. The maximum absolute atomic E-state index is 12.4. The first-order chi connectivity index (χ1) is 13.2. The van der Waals surface area contributed by atoms with Gasteiger partial charge in [0, 0.05) is 16.5 Å². The van der Waals surface area contributed by atoms with E-state index in [0.717, 1.165) is 27.6 Å². The van der Waals surface area contributed by atoms with Crippen molar-refractivity contribution >= 4 is 34.4 Å². The number of rotatable bonds is 4. The summed E-state index contributed by atoms with van der Waals surface area (Å²) in [5.41, 5.74) is 4.23. The molecule has 27 heavy (non-hydrogen) atoms. The Balaban J connectivity index is 1.75. The number of allylic oxidation sites excluding steroid dienone is 1. The first-order valence-electron chi connectivity index (χ1n) is 8.64. The number of carbonyl (C=O) groups excluding carboxylic acids is 1. The number of ketones is 1. The molecule has 0 fully saturated rings. The number of hydrogen-bond donors (Lipinski definition) is 0. The Kier molecular flexibility index (Phi) is 4.82. The van der Waals surface area contributed by atoms with E-state index in [4.69, 9.17) is 11.6 Å². The lowest BCUT2D eigenvalue weighted by Gasteiger charge is -2.09. The van der Waals surface area contributed by atoms with Gasteiger partial charge in [-0.25, -0.2) is 4.98 Å². The molecule has 0 atom stereocenters. The van der Waals surface area contributed by atoms with Gasteiger partial charge in [-0.15, -0.1) is 0 Å². The molecule has 1 aromatic heterocycles. The molecule has 1 heterocycles. The van der Waals surface area contributed by atoms with Crippen LogP contribution in [0.4, 0.5) is 0 Å². The normalized spacial score (nSPS) is 11.1. The van der Waals surface area contributed by atoms with E-state index in [-0.39, 0.29) is 5.78 Å². The predicted octanol–water partition coefficient (Wildman–Crippen LogP) is 6.45. The first-order valence-corrected chi connectivity index (χ1v) is 9.02. The molecule has 3 heteroatoms. The number of benzene rings is 3. The molecule has 0 amide bonds. The van der Waals surface area contributed by atoms with Gasteiger partial charge in [0.05, 0.1) is 5.52 Å². The summed E-state index contributed by atoms with van der Waals surface area (Å²) in [6.45, 7) is 0. The van der Waals surface area contributed by atoms with Crippen LogP contribution in [0.3, 0.4) is 0 Å². The fraction of sp³-hybridized carbons (Fsp3) is 0. The number of fused-ring (bicyclic) bond motifs is 1. The fourth-order valence-corrected chi connectivity index (χ4v) is 3.28. The maximum Gasteiger partial charge on any atom is 0.185 e. The summed E-state index contributed by atoms with van der Waals surface area (Å²) >= 11 is 6.47. The van der Waals surface area contributed by atoms with Crippen LogP contribution in [0.5, 0.6) is 0 Å². The minimum atomic E-state index is -0.0341. The molecule has 3 aromatic carbocycles. The molecule has 4 aromatic rings. The predicted molar refractivity (Wildman–Crippen MR) is 112 cm³/mol. The van der Waals surface area contributed by atoms with E-state index in [0.29, 0.717) is 10.7 Å². The Hall–Kier alpha value is -3.23. The second-order valence-corrected chi connectivity index (χ2v) is 6.53. The highest BCUT2D eigenvalue weighted by Gasteiger charge is 2.10. The van der Waals surface area contributed by atoms with Crippen molar-refractivity contribution in [2.75, 3.05) is 0 Å². The number of nitrogens with zero attached hydrogens (tertiary/aromatic N) is 1. The Morgan fingerprint density at radius 2 is 1.52 bits per heavy atom. The number of halogens is 1. The second kappa shape index (κ2) is 7.56. The van der Waals surface area contributed by atoms with E-state index in [2.05, 4.69) is 4.98 Å². The summed E-state index contributed by atoms with van der Waals surface area (Å²) in [4.78, 5) is 16.9. The van der Waals surface area contributed by atoms with E-state index in [1.54, 1.807) is 6.08 Å². The van der Waals surface area contributed by atoms with Gasteiger partial charge in [-0.1, -0.05) is 90.5 Å². The molecule has 0 bridgehead atoms. The van der Waals surface area contributed by atoms with Crippen molar-refractivity contribution in [3.05, 3.63) is 107 Å². The van der Waals surface area contributed by atoms with E-state index in [9.17, 15) is 4.79 Å². The number of hydrogen-bond acceptors (Lipinski definition) is 2. The van der Waals surface area contributed by atoms with Gasteiger partial charge in [-0.05, 0) is 29.3 Å². The molecule has 0 unspecified atom stereocenters. The third kappa shape index (κ3) is 3.67. The minimum absolute atomic E-state index is 0.0341. The minimum Gasteiger partial charge on any atom is -0.289 e. The van der Waals surface area contributed by atoms with Crippen molar-refractivity contribution < 1.29 is 4.79 Å². The van der Waals surface area contributed by atoms with Crippen LogP contribution in [0.15, 0.2) is 91.0 Å².